The highest BCUT2D eigenvalue weighted by Crippen LogP contribution is 2.30. The first-order valence-corrected chi connectivity index (χ1v) is 6.23. The van der Waals surface area contributed by atoms with Crippen LogP contribution in [0.3, 0.4) is 0 Å². The van der Waals surface area contributed by atoms with Gasteiger partial charge in [-0.1, -0.05) is 49.2 Å². The van der Waals surface area contributed by atoms with Gasteiger partial charge in [0.1, 0.15) is 0 Å². The van der Waals surface area contributed by atoms with Crippen LogP contribution in [0.1, 0.15) is 26.5 Å². The highest BCUT2D eigenvalue weighted by atomic mass is 35.5. The van der Waals surface area contributed by atoms with Gasteiger partial charge in [0.25, 0.3) is 0 Å². The average molecular weight is 285 g/mol. The zero-order chi connectivity index (χ0) is 13.5. The van der Waals surface area contributed by atoms with Crippen LogP contribution in [0.4, 0.5) is 5.82 Å². The third-order valence-corrected chi connectivity index (χ3v) is 3.29. The zero-order valence-electron chi connectivity index (χ0n) is 10.4. The van der Waals surface area contributed by atoms with Gasteiger partial charge in [-0.05, 0) is 18.2 Å². The van der Waals surface area contributed by atoms with Crippen LogP contribution in [0.25, 0.3) is 5.69 Å². The van der Waals surface area contributed by atoms with Crippen molar-refractivity contribution in [2.45, 2.75) is 26.2 Å². The second-order valence-electron chi connectivity index (χ2n) is 5.08. The molecule has 0 bridgehead atoms. The second kappa shape index (κ2) is 4.44. The number of rotatable bonds is 1. The Morgan fingerprint density at radius 3 is 2.39 bits per heavy atom. The van der Waals surface area contributed by atoms with Crippen molar-refractivity contribution in [3.63, 3.8) is 0 Å². The molecule has 0 unspecified atom stereocenters. The summed E-state index contributed by atoms with van der Waals surface area (Å²) in [6.07, 6.45) is 0. The molecular weight excluding hydrogens is 271 g/mol. The summed E-state index contributed by atoms with van der Waals surface area (Å²) < 4.78 is 1.69. The van der Waals surface area contributed by atoms with Gasteiger partial charge in [0.15, 0.2) is 5.82 Å². The molecule has 6 heteroatoms. The van der Waals surface area contributed by atoms with E-state index in [9.17, 15) is 0 Å². The number of nitrogens with two attached hydrogens (primary N) is 1. The first-order valence-electron chi connectivity index (χ1n) is 5.48. The molecule has 0 spiro atoms. The molecule has 2 aromatic rings. The quantitative estimate of drug-likeness (QED) is 0.873. The van der Waals surface area contributed by atoms with Gasteiger partial charge in [-0.15, -0.1) is 5.10 Å². The van der Waals surface area contributed by atoms with Crippen molar-refractivity contribution in [3.05, 3.63) is 33.9 Å². The number of hydrogen-bond donors (Lipinski definition) is 1. The van der Waals surface area contributed by atoms with Gasteiger partial charge >= 0.3 is 0 Å². The number of anilines is 1. The van der Waals surface area contributed by atoms with Gasteiger partial charge in [0.2, 0.25) is 0 Å². The Balaban J connectivity index is 2.61. The van der Waals surface area contributed by atoms with Gasteiger partial charge < -0.3 is 5.73 Å². The molecule has 1 aromatic heterocycles. The van der Waals surface area contributed by atoms with Gasteiger partial charge in [0, 0.05) is 5.41 Å². The van der Waals surface area contributed by atoms with E-state index in [-0.39, 0.29) is 5.41 Å². The minimum absolute atomic E-state index is 0.167. The Morgan fingerprint density at radius 1 is 1.17 bits per heavy atom. The average Bonchev–Trinajstić information content (AvgIpc) is 2.64. The van der Waals surface area contributed by atoms with Crippen LogP contribution in [0, 0.1) is 0 Å². The van der Waals surface area contributed by atoms with E-state index in [1.54, 1.807) is 16.8 Å². The Morgan fingerprint density at radius 2 is 1.83 bits per heavy atom. The first kappa shape index (κ1) is 13.2. The largest absolute Gasteiger partial charge is 0.381 e. The molecule has 0 aliphatic rings. The lowest BCUT2D eigenvalue weighted by molar-refractivity contribution is 0.544. The molecule has 0 aliphatic heterocycles. The maximum absolute atomic E-state index is 6.01. The summed E-state index contributed by atoms with van der Waals surface area (Å²) in [6.45, 7) is 6.15. The van der Waals surface area contributed by atoms with Gasteiger partial charge in [-0.2, -0.15) is 0 Å². The normalized spacial score (nSPS) is 11.8. The molecule has 0 saturated heterocycles. The van der Waals surface area contributed by atoms with Crippen LogP contribution in [-0.2, 0) is 5.41 Å². The number of nitrogen functional groups attached to an aromatic ring is 1. The van der Waals surface area contributed by atoms with E-state index >= 15 is 0 Å². The zero-order valence-corrected chi connectivity index (χ0v) is 11.9. The maximum atomic E-state index is 6.01. The molecule has 0 radical (unpaired) electrons. The van der Waals surface area contributed by atoms with Crippen LogP contribution in [0.2, 0.25) is 10.0 Å². The predicted octanol–water partition coefficient (Wildman–Crippen LogP) is 3.45. The topological polar surface area (TPSA) is 56.7 Å². The smallest absolute Gasteiger partial charge is 0.170 e. The molecule has 96 valence electrons. The predicted molar refractivity (Wildman–Crippen MR) is 74.5 cm³/mol. The van der Waals surface area contributed by atoms with Crippen molar-refractivity contribution in [2.75, 3.05) is 5.73 Å². The van der Waals surface area contributed by atoms with Crippen LogP contribution >= 0.6 is 23.2 Å². The second-order valence-corrected chi connectivity index (χ2v) is 5.90. The number of aromatic nitrogens is 3. The molecule has 0 amide bonds. The molecule has 2 rings (SSSR count). The van der Waals surface area contributed by atoms with E-state index in [1.165, 1.54) is 0 Å². The van der Waals surface area contributed by atoms with E-state index in [4.69, 9.17) is 28.9 Å². The van der Waals surface area contributed by atoms with Gasteiger partial charge in [-0.25, -0.2) is 4.68 Å². The summed E-state index contributed by atoms with van der Waals surface area (Å²) in [5.74, 6) is 0.425. The van der Waals surface area contributed by atoms with E-state index in [0.29, 0.717) is 15.9 Å². The molecule has 0 fully saturated rings. The number of halogens is 2. The van der Waals surface area contributed by atoms with E-state index in [0.717, 1.165) is 11.4 Å². The maximum Gasteiger partial charge on any atom is 0.170 e. The fourth-order valence-electron chi connectivity index (χ4n) is 1.79. The van der Waals surface area contributed by atoms with E-state index < -0.39 is 0 Å². The summed E-state index contributed by atoms with van der Waals surface area (Å²) in [5.41, 5.74) is 7.35. The molecule has 1 heterocycles. The molecular formula is C12H14Cl2N4. The third-order valence-electron chi connectivity index (χ3n) is 2.55. The van der Waals surface area contributed by atoms with Crippen molar-refractivity contribution < 1.29 is 0 Å². The Kier molecular flexibility index (Phi) is 3.25. The van der Waals surface area contributed by atoms with Gasteiger partial charge in [-0.3, -0.25) is 0 Å². The fraction of sp³-hybridized carbons (Fsp3) is 0.333. The number of hydrogen-bond acceptors (Lipinski definition) is 3. The SMILES string of the molecule is CC(C)(C)c1c(N)nnn1-c1ccc(Cl)c(Cl)c1. The molecule has 18 heavy (non-hydrogen) atoms. The summed E-state index contributed by atoms with van der Waals surface area (Å²) >= 11 is 11.9. The lowest BCUT2D eigenvalue weighted by Crippen LogP contribution is -2.19. The molecule has 0 atom stereocenters. The van der Waals surface area contributed by atoms with Crippen molar-refractivity contribution in [1.29, 1.82) is 0 Å². The van der Waals surface area contributed by atoms with Crippen LogP contribution < -0.4 is 5.73 Å². The standard InChI is InChI=1S/C12H14Cl2N4/c1-12(2,3)10-11(15)16-17-18(10)7-4-5-8(13)9(14)6-7/h4-6H,15H2,1-3H3. The highest BCUT2D eigenvalue weighted by Gasteiger charge is 2.25. The fourth-order valence-corrected chi connectivity index (χ4v) is 2.09. The molecule has 4 nitrogen and oxygen atoms in total. The number of benzene rings is 1. The summed E-state index contributed by atoms with van der Waals surface area (Å²) in [7, 11) is 0. The van der Waals surface area contributed by atoms with Crippen molar-refractivity contribution in [3.8, 4) is 5.69 Å². The molecule has 0 saturated carbocycles. The van der Waals surface area contributed by atoms with Gasteiger partial charge in [0.05, 0.1) is 21.4 Å². The van der Waals surface area contributed by atoms with E-state index in [2.05, 4.69) is 31.1 Å². The molecule has 2 N–H and O–H groups in total. The van der Waals surface area contributed by atoms with Crippen LogP contribution in [0.5, 0.6) is 0 Å². The summed E-state index contributed by atoms with van der Waals surface area (Å²) in [6, 6.07) is 5.30. The minimum atomic E-state index is -0.167. The minimum Gasteiger partial charge on any atom is -0.381 e. The van der Waals surface area contributed by atoms with E-state index in [1.807, 2.05) is 6.07 Å². The monoisotopic (exact) mass is 284 g/mol. The number of nitrogens with zero attached hydrogens (tertiary/aromatic N) is 3. The van der Waals surface area contributed by atoms with Crippen LogP contribution in [0.15, 0.2) is 18.2 Å². The lowest BCUT2D eigenvalue weighted by Gasteiger charge is -2.20. The third kappa shape index (κ3) is 2.31. The van der Waals surface area contributed by atoms with Crippen molar-refractivity contribution >= 4 is 29.0 Å². The molecule has 1 aromatic carbocycles. The van der Waals surface area contributed by atoms with Crippen molar-refractivity contribution in [1.82, 2.24) is 15.0 Å². The van der Waals surface area contributed by atoms with Crippen LogP contribution in [-0.4, -0.2) is 15.0 Å². The lowest BCUT2D eigenvalue weighted by atomic mass is 9.91. The van der Waals surface area contributed by atoms with Crippen molar-refractivity contribution in [2.24, 2.45) is 0 Å². The summed E-state index contributed by atoms with van der Waals surface area (Å²) in [4.78, 5) is 0. The highest BCUT2D eigenvalue weighted by molar-refractivity contribution is 6.42. The first-order chi connectivity index (χ1) is 8.30. The summed E-state index contributed by atoms with van der Waals surface area (Å²) in [5, 5.41) is 8.97. The Hall–Kier alpha value is -1.26. The Bertz CT molecular complexity index is 584. The Labute approximate surface area is 116 Å². The molecule has 0 aliphatic carbocycles.